The number of nitrogens with zero attached hydrogens (tertiary/aromatic N) is 4. The maximum atomic E-state index is 15.1. The van der Waals surface area contributed by atoms with Crippen molar-refractivity contribution in [3.05, 3.63) is 77.4 Å². The molecule has 11 heteroatoms. The summed E-state index contributed by atoms with van der Waals surface area (Å²) in [6, 6.07) is 10.2. The molecule has 1 N–H and O–H groups in total. The molecular formula is C23H24F3N5O2S. The first-order chi connectivity index (χ1) is 16.2. The number of likely N-dealkylation sites (tertiary alicyclic amines) is 1. The number of sulfonamides is 1. The Morgan fingerprint density at radius 1 is 1.15 bits per heavy atom. The Labute approximate surface area is 196 Å². The van der Waals surface area contributed by atoms with Crippen molar-refractivity contribution in [1.82, 2.24) is 14.9 Å². The van der Waals surface area contributed by atoms with E-state index in [0.29, 0.717) is 24.3 Å². The highest BCUT2D eigenvalue weighted by molar-refractivity contribution is 7.92. The summed E-state index contributed by atoms with van der Waals surface area (Å²) < 4.78 is 69.7. The number of nitrogens with one attached hydrogen (secondary N) is 1. The molecule has 1 aliphatic rings. The lowest BCUT2D eigenvalue weighted by Crippen LogP contribution is -2.35. The van der Waals surface area contributed by atoms with Gasteiger partial charge in [-0.15, -0.1) is 0 Å². The van der Waals surface area contributed by atoms with E-state index in [2.05, 4.69) is 14.9 Å². The monoisotopic (exact) mass is 491 g/mol. The van der Waals surface area contributed by atoms with Gasteiger partial charge in [0, 0.05) is 43.9 Å². The van der Waals surface area contributed by atoms with Gasteiger partial charge < -0.3 is 4.90 Å². The first kappa shape index (κ1) is 24.0. The van der Waals surface area contributed by atoms with Crippen molar-refractivity contribution in [3.8, 4) is 0 Å². The van der Waals surface area contributed by atoms with E-state index in [-0.39, 0.29) is 23.2 Å². The number of hydrogen-bond donors (Lipinski definition) is 1. The van der Waals surface area contributed by atoms with Crippen molar-refractivity contribution < 1.29 is 21.6 Å². The Morgan fingerprint density at radius 3 is 2.65 bits per heavy atom. The minimum Gasteiger partial charge on any atom is -0.369 e. The molecule has 0 amide bonds. The first-order valence-electron chi connectivity index (χ1n) is 10.6. The van der Waals surface area contributed by atoms with Crippen LogP contribution in [0.1, 0.15) is 17.5 Å². The SMILES string of the molecule is Cc1c(N(C)[C@H]2CCN(Cc3ccccc3F)C2)cnc(S(=O)(=O)Nc2cccc(F)n2)c1F. The minimum atomic E-state index is -4.42. The highest BCUT2D eigenvalue weighted by Crippen LogP contribution is 2.29. The molecule has 0 unspecified atom stereocenters. The molecule has 3 heterocycles. The fourth-order valence-electron chi connectivity index (χ4n) is 4.08. The zero-order valence-corrected chi connectivity index (χ0v) is 19.5. The second-order valence-corrected chi connectivity index (χ2v) is 9.82. The average molecular weight is 492 g/mol. The lowest BCUT2D eigenvalue weighted by Gasteiger charge is -2.28. The van der Waals surface area contributed by atoms with Crippen LogP contribution in [0.25, 0.3) is 0 Å². The van der Waals surface area contributed by atoms with E-state index in [1.165, 1.54) is 31.3 Å². The smallest absolute Gasteiger partial charge is 0.283 e. The van der Waals surface area contributed by atoms with Crippen LogP contribution < -0.4 is 9.62 Å². The number of aromatic nitrogens is 2. The lowest BCUT2D eigenvalue weighted by molar-refractivity contribution is 0.320. The van der Waals surface area contributed by atoms with E-state index in [1.54, 1.807) is 25.2 Å². The van der Waals surface area contributed by atoms with Crippen LogP contribution in [0.4, 0.5) is 24.7 Å². The Bertz CT molecular complexity index is 1310. The third-order valence-electron chi connectivity index (χ3n) is 5.94. The number of benzene rings is 1. The third-order valence-corrected chi connectivity index (χ3v) is 7.21. The molecule has 0 radical (unpaired) electrons. The van der Waals surface area contributed by atoms with Crippen LogP contribution in [-0.4, -0.2) is 49.5 Å². The maximum absolute atomic E-state index is 15.1. The molecule has 2 aromatic heterocycles. The van der Waals surface area contributed by atoms with Gasteiger partial charge in [0.25, 0.3) is 10.0 Å². The largest absolute Gasteiger partial charge is 0.369 e. The van der Waals surface area contributed by atoms with Gasteiger partial charge in [-0.05, 0) is 31.5 Å². The van der Waals surface area contributed by atoms with Gasteiger partial charge in [0.05, 0.1) is 11.9 Å². The van der Waals surface area contributed by atoms with Crippen LogP contribution in [0.3, 0.4) is 0 Å². The molecule has 1 aliphatic heterocycles. The van der Waals surface area contributed by atoms with E-state index in [9.17, 15) is 17.2 Å². The fourth-order valence-corrected chi connectivity index (χ4v) is 5.14. The van der Waals surface area contributed by atoms with Crippen LogP contribution in [-0.2, 0) is 16.6 Å². The summed E-state index contributed by atoms with van der Waals surface area (Å²) in [5.74, 6) is -2.39. The maximum Gasteiger partial charge on any atom is 0.283 e. The summed E-state index contributed by atoms with van der Waals surface area (Å²) in [6.45, 7) is 3.34. The van der Waals surface area contributed by atoms with Gasteiger partial charge in [-0.25, -0.2) is 18.7 Å². The fraction of sp³-hybridized carbons (Fsp3) is 0.304. The molecule has 180 valence electrons. The van der Waals surface area contributed by atoms with Crippen LogP contribution in [0.5, 0.6) is 0 Å². The molecule has 3 aromatic rings. The Hall–Kier alpha value is -3.18. The molecule has 1 saturated heterocycles. The molecule has 0 aliphatic carbocycles. The van der Waals surface area contributed by atoms with E-state index in [0.717, 1.165) is 19.0 Å². The molecule has 1 aromatic carbocycles. The second-order valence-electron chi connectivity index (χ2n) is 8.22. The highest BCUT2D eigenvalue weighted by Gasteiger charge is 2.30. The number of likely N-dealkylation sites (N-methyl/N-ethyl adjacent to an activating group) is 1. The van der Waals surface area contributed by atoms with Crippen molar-refractivity contribution in [2.24, 2.45) is 0 Å². The molecule has 0 bridgehead atoms. The van der Waals surface area contributed by atoms with Gasteiger partial charge in [-0.1, -0.05) is 24.3 Å². The van der Waals surface area contributed by atoms with Crippen molar-refractivity contribution >= 4 is 21.5 Å². The zero-order chi connectivity index (χ0) is 24.5. The van der Waals surface area contributed by atoms with E-state index >= 15 is 4.39 Å². The van der Waals surface area contributed by atoms with Crippen molar-refractivity contribution in [2.75, 3.05) is 29.8 Å². The molecule has 34 heavy (non-hydrogen) atoms. The number of rotatable bonds is 7. The number of halogens is 3. The van der Waals surface area contributed by atoms with Crippen LogP contribution >= 0.6 is 0 Å². The summed E-state index contributed by atoms with van der Waals surface area (Å²) in [5, 5.41) is -0.791. The molecular weight excluding hydrogens is 467 g/mol. The van der Waals surface area contributed by atoms with Gasteiger partial charge in [0.2, 0.25) is 11.0 Å². The van der Waals surface area contributed by atoms with Gasteiger partial charge in [-0.3, -0.25) is 9.62 Å². The van der Waals surface area contributed by atoms with Crippen LogP contribution in [0.2, 0.25) is 0 Å². The Kier molecular flexibility index (Phi) is 6.76. The Morgan fingerprint density at radius 2 is 1.91 bits per heavy atom. The molecule has 4 rings (SSSR count). The predicted octanol–water partition coefficient (Wildman–Crippen LogP) is 3.71. The Balaban J connectivity index is 1.50. The molecule has 0 saturated carbocycles. The van der Waals surface area contributed by atoms with E-state index < -0.39 is 26.8 Å². The van der Waals surface area contributed by atoms with Gasteiger partial charge in [0.15, 0.2) is 5.82 Å². The number of anilines is 2. The highest BCUT2D eigenvalue weighted by atomic mass is 32.2. The van der Waals surface area contributed by atoms with E-state index in [1.807, 2.05) is 9.62 Å². The van der Waals surface area contributed by atoms with Crippen molar-refractivity contribution in [2.45, 2.75) is 31.0 Å². The van der Waals surface area contributed by atoms with Gasteiger partial charge in [0.1, 0.15) is 11.6 Å². The van der Waals surface area contributed by atoms with Crippen LogP contribution in [0.15, 0.2) is 53.7 Å². The topological polar surface area (TPSA) is 78.4 Å². The van der Waals surface area contributed by atoms with E-state index in [4.69, 9.17) is 0 Å². The molecule has 7 nitrogen and oxygen atoms in total. The summed E-state index contributed by atoms with van der Waals surface area (Å²) in [7, 11) is -2.62. The molecule has 1 atom stereocenters. The zero-order valence-electron chi connectivity index (χ0n) is 18.7. The first-order valence-corrected chi connectivity index (χ1v) is 12.1. The van der Waals surface area contributed by atoms with Crippen molar-refractivity contribution in [1.29, 1.82) is 0 Å². The lowest BCUT2D eigenvalue weighted by atomic mass is 10.1. The van der Waals surface area contributed by atoms with Crippen molar-refractivity contribution in [3.63, 3.8) is 0 Å². The number of pyridine rings is 2. The molecule has 0 spiro atoms. The van der Waals surface area contributed by atoms with Gasteiger partial charge >= 0.3 is 0 Å². The summed E-state index contributed by atoms with van der Waals surface area (Å²) >= 11 is 0. The normalized spacial score (nSPS) is 16.6. The molecule has 1 fully saturated rings. The summed E-state index contributed by atoms with van der Waals surface area (Å²) in [6.07, 6.45) is 2.09. The minimum absolute atomic E-state index is 0.0174. The number of hydrogen-bond acceptors (Lipinski definition) is 6. The third kappa shape index (κ3) is 5.00. The second kappa shape index (κ2) is 9.59. The predicted molar refractivity (Wildman–Crippen MR) is 122 cm³/mol. The van der Waals surface area contributed by atoms with Crippen LogP contribution in [0, 0.1) is 24.5 Å². The standard InChI is InChI=1S/C23H24F3N5O2S/c1-15-19(30(2)17-10-11-31(14-17)13-16-6-3-4-7-18(16)24)12-27-23(22(15)26)34(32,33)29-21-9-5-8-20(25)28-21/h3-9,12,17H,10-11,13-14H2,1-2H3,(H,28,29)/t17-/m0/s1. The quantitative estimate of drug-likeness (QED) is 0.508. The van der Waals surface area contributed by atoms with Gasteiger partial charge in [-0.2, -0.15) is 12.8 Å². The summed E-state index contributed by atoms with van der Waals surface area (Å²) in [4.78, 5) is 11.3. The average Bonchev–Trinajstić information content (AvgIpc) is 3.25. The summed E-state index contributed by atoms with van der Waals surface area (Å²) in [5.41, 5.74) is 1.19.